The van der Waals surface area contributed by atoms with Crippen LogP contribution in [-0.4, -0.2) is 68.2 Å². The Hall–Kier alpha value is -0.860. The summed E-state index contributed by atoms with van der Waals surface area (Å²) < 4.78 is 5.98. The molecule has 3 rings (SSSR count). The lowest BCUT2D eigenvalue weighted by Crippen LogP contribution is -2.40. The second-order valence-electron chi connectivity index (χ2n) is 9.09. The fourth-order valence-corrected chi connectivity index (χ4v) is 4.63. The van der Waals surface area contributed by atoms with E-state index >= 15 is 0 Å². The summed E-state index contributed by atoms with van der Waals surface area (Å²) in [5, 5.41) is 3.50. The number of guanidine groups is 1. The van der Waals surface area contributed by atoms with Gasteiger partial charge in [0.1, 0.15) is 0 Å². The molecule has 2 aliphatic heterocycles. The zero-order valence-electron chi connectivity index (χ0n) is 19.6. The number of benzene rings is 1. The van der Waals surface area contributed by atoms with Crippen LogP contribution in [0.4, 0.5) is 0 Å². The summed E-state index contributed by atoms with van der Waals surface area (Å²) in [6.07, 6.45) is 6.39. The molecular weight excluding hydrogens is 499 g/mol. The lowest BCUT2D eigenvalue weighted by Gasteiger charge is -2.30. The number of nitrogens with zero attached hydrogens (tertiary/aromatic N) is 3. The van der Waals surface area contributed by atoms with Crippen LogP contribution in [-0.2, 0) is 11.3 Å². The van der Waals surface area contributed by atoms with E-state index in [1.54, 1.807) is 0 Å². The normalized spacial score (nSPS) is 22.4. The molecular formula is C25H43IN4O. The maximum Gasteiger partial charge on any atom is 0.193 e. The van der Waals surface area contributed by atoms with Crippen molar-refractivity contribution in [1.29, 1.82) is 0 Å². The molecule has 2 unspecified atom stereocenters. The average Bonchev–Trinajstić information content (AvgIpc) is 3.22. The van der Waals surface area contributed by atoms with Gasteiger partial charge >= 0.3 is 0 Å². The number of nitrogens with one attached hydrogen (secondary N) is 1. The molecule has 0 saturated carbocycles. The first-order valence-corrected chi connectivity index (χ1v) is 12.1. The molecule has 0 amide bonds. The van der Waals surface area contributed by atoms with Crippen molar-refractivity contribution in [2.75, 3.05) is 52.4 Å². The number of hydrogen-bond acceptors (Lipinski definition) is 3. The van der Waals surface area contributed by atoms with E-state index in [0.717, 1.165) is 44.7 Å². The third kappa shape index (κ3) is 9.66. The van der Waals surface area contributed by atoms with Crippen LogP contribution in [0.25, 0.3) is 0 Å². The van der Waals surface area contributed by atoms with Crippen LogP contribution in [0.1, 0.15) is 51.5 Å². The predicted octanol–water partition coefficient (Wildman–Crippen LogP) is 4.62. The highest BCUT2D eigenvalue weighted by atomic mass is 127. The highest BCUT2D eigenvalue weighted by Gasteiger charge is 2.25. The van der Waals surface area contributed by atoms with Crippen molar-refractivity contribution in [3.05, 3.63) is 35.9 Å². The number of ether oxygens (including phenoxy) is 1. The number of halogens is 1. The smallest absolute Gasteiger partial charge is 0.193 e. The van der Waals surface area contributed by atoms with Gasteiger partial charge in [0, 0.05) is 38.6 Å². The van der Waals surface area contributed by atoms with Crippen molar-refractivity contribution in [2.45, 2.75) is 52.6 Å². The van der Waals surface area contributed by atoms with Crippen LogP contribution in [0.5, 0.6) is 0 Å². The van der Waals surface area contributed by atoms with Crippen LogP contribution in [0.2, 0.25) is 0 Å². The first-order chi connectivity index (χ1) is 14.7. The molecule has 2 saturated heterocycles. The molecule has 2 atom stereocenters. The molecule has 0 bridgehead atoms. The van der Waals surface area contributed by atoms with Crippen molar-refractivity contribution in [3.63, 3.8) is 0 Å². The van der Waals surface area contributed by atoms with Crippen LogP contribution in [0, 0.1) is 11.8 Å². The fraction of sp³-hybridized carbons (Fsp3) is 0.720. The lowest BCUT2D eigenvalue weighted by molar-refractivity contribution is 0.0907. The summed E-state index contributed by atoms with van der Waals surface area (Å²) in [6.45, 7) is 13.9. The maximum atomic E-state index is 5.98. The molecule has 1 aromatic carbocycles. The van der Waals surface area contributed by atoms with Gasteiger partial charge in [-0.2, -0.15) is 0 Å². The minimum Gasteiger partial charge on any atom is -0.376 e. The first-order valence-electron chi connectivity index (χ1n) is 12.1. The van der Waals surface area contributed by atoms with Gasteiger partial charge < -0.3 is 19.9 Å². The zero-order chi connectivity index (χ0) is 21.0. The maximum absolute atomic E-state index is 5.98. The van der Waals surface area contributed by atoms with Crippen LogP contribution in [0.3, 0.4) is 0 Å². The molecule has 1 N–H and O–H groups in total. The number of rotatable bonds is 10. The van der Waals surface area contributed by atoms with E-state index in [0.29, 0.717) is 12.5 Å². The molecule has 0 aromatic heterocycles. The van der Waals surface area contributed by atoms with Crippen molar-refractivity contribution in [2.24, 2.45) is 16.8 Å². The average molecular weight is 543 g/mol. The molecule has 5 nitrogen and oxygen atoms in total. The quantitative estimate of drug-likeness (QED) is 0.203. The Morgan fingerprint density at radius 1 is 1.13 bits per heavy atom. The fourth-order valence-electron chi connectivity index (χ4n) is 4.63. The minimum absolute atomic E-state index is 0. The van der Waals surface area contributed by atoms with Gasteiger partial charge in [-0.25, -0.2) is 0 Å². The number of likely N-dealkylation sites (tertiary alicyclic amines) is 2. The van der Waals surface area contributed by atoms with Gasteiger partial charge in [-0.05, 0) is 63.6 Å². The molecule has 2 fully saturated rings. The van der Waals surface area contributed by atoms with Gasteiger partial charge in [0.2, 0.25) is 0 Å². The topological polar surface area (TPSA) is 40.1 Å². The Morgan fingerprint density at radius 3 is 2.74 bits per heavy atom. The highest BCUT2D eigenvalue weighted by Crippen LogP contribution is 2.18. The Bertz CT molecular complexity index is 627. The Kier molecular flexibility index (Phi) is 12.8. The van der Waals surface area contributed by atoms with E-state index in [1.165, 1.54) is 57.3 Å². The third-order valence-electron chi connectivity index (χ3n) is 6.27. The standard InChI is InChI=1S/C25H42N4O.HI/c1-3-26-25(27-14-7-8-15-28-16-9-10-22(2)18-28)29-17-13-24(19-29)21-30-20-23-11-5-4-6-12-23;/h4-6,11-12,22,24H,3,7-10,13-21H2,1-2H3,(H,26,27);1H. The largest absolute Gasteiger partial charge is 0.376 e. The van der Waals surface area contributed by atoms with Gasteiger partial charge in [-0.1, -0.05) is 37.3 Å². The van der Waals surface area contributed by atoms with Crippen molar-refractivity contribution in [3.8, 4) is 0 Å². The number of aliphatic imine (C=N–C) groups is 1. The second-order valence-corrected chi connectivity index (χ2v) is 9.09. The summed E-state index contributed by atoms with van der Waals surface area (Å²) in [7, 11) is 0. The van der Waals surface area contributed by atoms with E-state index in [9.17, 15) is 0 Å². The van der Waals surface area contributed by atoms with Crippen LogP contribution < -0.4 is 5.32 Å². The van der Waals surface area contributed by atoms with Gasteiger partial charge in [-0.3, -0.25) is 4.99 Å². The number of piperidine rings is 1. The molecule has 2 aliphatic rings. The summed E-state index contributed by atoms with van der Waals surface area (Å²) in [5.74, 6) is 2.56. The second kappa shape index (κ2) is 15.1. The SMILES string of the molecule is CCNC(=NCCCCN1CCCC(C)C1)N1CCC(COCc2ccccc2)C1.I. The van der Waals surface area contributed by atoms with Gasteiger partial charge in [0.25, 0.3) is 0 Å². The summed E-state index contributed by atoms with van der Waals surface area (Å²) >= 11 is 0. The molecule has 2 heterocycles. The zero-order valence-corrected chi connectivity index (χ0v) is 21.9. The number of unbranched alkanes of at least 4 members (excludes halogenated alkanes) is 1. The van der Waals surface area contributed by atoms with E-state index in [-0.39, 0.29) is 24.0 Å². The molecule has 6 heteroatoms. The Balaban J connectivity index is 0.00000341. The van der Waals surface area contributed by atoms with Crippen molar-refractivity contribution >= 4 is 29.9 Å². The molecule has 0 radical (unpaired) electrons. The Morgan fingerprint density at radius 2 is 1.97 bits per heavy atom. The van der Waals surface area contributed by atoms with Gasteiger partial charge in [-0.15, -0.1) is 24.0 Å². The monoisotopic (exact) mass is 542 g/mol. The summed E-state index contributed by atoms with van der Waals surface area (Å²) in [6, 6.07) is 10.4. The van der Waals surface area contributed by atoms with E-state index in [2.05, 4.69) is 53.2 Å². The highest BCUT2D eigenvalue weighted by molar-refractivity contribution is 14.0. The third-order valence-corrected chi connectivity index (χ3v) is 6.27. The van der Waals surface area contributed by atoms with Gasteiger partial charge in [0.05, 0.1) is 13.2 Å². The Labute approximate surface area is 207 Å². The van der Waals surface area contributed by atoms with Crippen molar-refractivity contribution < 1.29 is 4.74 Å². The van der Waals surface area contributed by atoms with Crippen LogP contribution >= 0.6 is 24.0 Å². The lowest BCUT2D eigenvalue weighted by atomic mass is 10.0. The minimum atomic E-state index is 0. The molecule has 0 spiro atoms. The molecule has 31 heavy (non-hydrogen) atoms. The van der Waals surface area contributed by atoms with E-state index in [1.807, 2.05) is 6.07 Å². The van der Waals surface area contributed by atoms with Crippen LogP contribution in [0.15, 0.2) is 35.3 Å². The van der Waals surface area contributed by atoms with Crippen molar-refractivity contribution in [1.82, 2.24) is 15.1 Å². The summed E-state index contributed by atoms with van der Waals surface area (Å²) in [5.41, 5.74) is 1.25. The van der Waals surface area contributed by atoms with E-state index < -0.39 is 0 Å². The predicted molar refractivity (Wildman–Crippen MR) is 141 cm³/mol. The first kappa shape index (κ1) is 26.4. The van der Waals surface area contributed by atoms with E-state index in [4.69, 9.17) is 9.73 Å². The number of hydrogen-bond donors (Lipinski definition) is 1. The van der Waals surface area contributed by atoms with Gasteiger partial charge in [0.15, 0.2) is 5.96 Å². The molecule has 1 aromatic rings. The molecule has 176 valence electrons. The summed E-state index contributed by atoms with van der Waals surface area (Å²) in [4.78, 5) is 9.99. The molecule has 0 aliphatic carbocycles.